The second-order valence-electron chi connectivity index (χ2n) is 6.29. The van der Waals surface area contributed by atoms with E-state index in [0.717, 1.165) is 44.9 Å². The molecule has 0 spiro atoms. The molecule has 0 aromatic rings. The Kier molecular flexibility index (Phi) is 7.52. The number of nitrogens with one attached hydrogen (secondary N) is 1. The molecule has 0 saturated heterocycles. The summed E-state index contributed by atoms with van der Waals surface area (Å²) in [5.74, 6) is -0.227. The average molecular weight is 283 g/mol. The zero-order valence-corrected chi connectivity index (χ0v) is 13.6. The molecule has 0 aliphatic heterocycles. The number of hydrogen-bond acceptors (Lipinski definition) is 3. The molecule has 3 N–H and O–H groups in total. The first-order chi connectivity index (χ1) is 9.53. The molecule has 1 aliphatic carbocycles. The first kappa shape index (κ1) is 17.4. The summed E-state index contributed by atoms with van der Waals surface area (Å²) in [6.45, 7) is 9.32. The maximum absolute atomic E-state index is 11.7. The Balaban J connectivity index is 2.40. The zero-order chi connectivity index (χ0) is 15.0. The maximum atomic E-state index is 11.7. The second kappa shape index (κ2) is 8.63. The number of nitrogens with zero attached hydrogens (tertiary/aromatic N) is 1. The van der Waals surface area contributed by atoms with Gasteiger partial charge in [0.05, 0.1) is 5.54 Å². The van der Waals surface area contributed by atoms with Crippen LogP contribution in [0.3, 0.4) is 0 Å². The summed E-state index contributed by atoms with van der Waals surface area (Å²) >= 11 is 0. The van der Waals surface area contributed by atoms with Crippen molar-refractivity contribution in [2.45, 2.75) is 77.3 Å². The standard InChI is InChI=1S/C16H33N3O/c1-4-12-18-16(3,15(17)20)11-8-13-19(5-2)14-9-6-7-10-14/h14,18H,4-13H2,1-3H3,(H2,17,20). The van der Waals surface area contributed by atoms with Gasteiger partial charge >= 0.3 is 0 Å². The van der Waals surface area contributed by atoms with Crippen LogP contribution in [0.15, 0.2) is 0 Å². The lowest BCUT2D eigenvalue weighted by atomic mass is 9.94. The third-order valence-electron chi connectivity index (χ3n) is 4.68. The second-order valence-corrected chi connectivity index (χ2v) is 6.29. The van der Waals surface area contributed by atoms with Crippen LogP contribution in [0.4, 0.5) is 0 Å². The third kappa shape index (κ3) is 5.06. The molecule has 0 aromatic heterocycles. The van der Waals surface area contributed by atoms with Gasteiger partial charge in [-0.15, -0.1) is 0 Å². The van der Waals surface area contributed by atoms with Crippen LogP contribution in [0.25, 0.3) is 0 Å². The van der Waals surface area contributed by atoms with Crippen LogP contribution in [0.2, 0.25) is 0 Å². The van der Waals surface area contributed by atoms with E-state index < -0.39 is 5.54 Å². The highest BCUT2D eigenvalue weighted by Gasteiger charge is 2.30. The first-order valence-corrected chi connectivity index (χ1v) is 8.32. The van der Waals surface area contributed by atoms with Crippen molar-refractivity contribution in [2.24, 2.45) is 5.73 Å². The lowest BCUT2D eigenvalue weighted by molar-refractivity contribution is -0.124. The summed E-state index contributed by atoms with van der Waals surface area (Å²) in [4.78, 5) is 14.3. The Morgan fingerprint density at radius 1 is 1.35 bits per heavy atom. The van der Waals surface area contributed by atoms with Gasteiger partial charge in [0.1, 0.15) is 0 Å². The van der Waals surface area contributed by atoms with Crippen molar-refractivity contribution >= 4 is 5.91 Å². The van der Waals surface area contributed by atoms with Crippen molar-refractivity contribution in [2.75, 3.05) is 19.6 Å². The fraction of sp³-hybridized carbons (Fsp3) is 0.938. The quantitative estimate of drug-likeness (QED) is 0.646. The van der Waals surface area contributed by atoms with E-state index in [9.17, 15) is 4.79 Å². The van der Waals surface area contributed by atoms with Crippen LogP contribution in [0.1, 0.15) is 65.7 Å². The molecule has 118 valence electrons. The Labute approximate surface area is 124 Å². The summed E-state index contributed by atoms with van der Waals surface area (Å²) in [6, 6.07) is 0.767. The average Bonchev–Trinajstić information content (AvgIpc) is 2.95. The summed E-state index contributed by atoms with van der Waals surface area (Å²) in [7, 11) is 0. The van der Waals surface area contributed by atoms with Gasteiger partial charge in [-0.05, 0) is 58.7 Å². The van der Waals surface area contributed by atoms with E-state index in [4.69, 9.17) is 5.73 Å². The highest BCUT2D eigenvalue weighted by atomic mass is 16.1. The minimum atomic E-state index is -0.550. The Hall–Kier alpha value is -0.610. The molecule has 0 aromatic carbocycles. The Bertz CT molecular complexity index is 289. The molecular formula is C16H33N3O. The maximum Gasteiger partial charge on any atom is 0.237 e. The predicted molar refractivity (Wildman–Crippen MR) is 84.6 cm³/mol. The molecule has 1 amide bonds. The minimum absolute atomic E-state index is 0.227. The molecule has 1 rings (SSSR count). The SMILES string of the molecule is CCCNC(C)(CCCN(CC)C1CCCC1)C(N)=O. The molecule has 1 aliphatic rings. The molecule has 1 saturated carbocycles. The van der Waals surface area contributed by atoms with Crippen molar-refractivity contribution < 1.29 is 4.79 Å². The van der Waals surface area contributed by atoms with E-state index in [-0.39, 0.29) is 5.91 Å². The van der Waals surface area contributed by atoms with Gasteiger partial charge in [0.25, 0.3) is 0 Å². The molecule has 20 heavy (non-hydrogen) atoms. The topological polar surface area (TPSA) is 58.4 Å². The molecule has 4 nitrogen and oxygen atoms in total. The number of nitrogens with two attached hydrogens (primary N) is 1. The number of rotatable bonds is 10. The fourth-order valence-electron chi connectivity index (χ4n) is 3.20. The smallest absolute Gasteiger partial charge is 0.237 e. The van der Waals surface area contributed by atoms with E-state index >= 15 is 0 Å². The molecule has 0 bridgehead atoms. The summed E-state index contributed by atoms with van der Waals surface area (Å²) in [5.41, 5.74) is 5.02. The molecule has 1 unspecified atom stereocenters. The Morgan fingerprint density at radius 3 is 2.50 bits per heavy atom. The summed E-state index contributed by atoms with van der Waals surface area (Å²) in [5, 5.41) is 3.31. The highest BCUT2D eigenvalue weighted by Crippen LogP contribution is 2.24. The van der Waals surface area contributed by atoms with E-state index in [1.165, 1.54) is 25.7 Å². The van der Waals surface area contributed by atoms with Crippen LogP contribution in [0.5, 0.6) is 0 Å². The summed E-state index contributed by atoms with van der Waals surface area (Å²) < 4.78 is 0. The lowest BCUT2D eigenvalue weighted by Crippen LogP contribution is -2.53. The van der Waals surface area contributed by atoms with Crippen molar-refractivity contribution in [1.82, 2.24) is 10.2 Å². The van der Waals surface area contributed by atoms with Gasteiger partial charge in [-0.1, -0.05) is 26.7 Å². The normalized spacial score (nSPS) is 19.4. The van der Waals surface area contributed by atoms with Gasteiger partial charge < -0.3 is 16.0 Å². The highest BCUT2D eigenvalue weighted by molar-refractivity contribution is 5.84. The monoisotopic (exact) mass is 283 g/mol. The number of carbonyl (C=O) groups excluding carboxylic acids is 1. The molecule has 4 heteroatoms. The van der Waals surface area contributed by atoms with Gasteiger partial charge in [-0.3, -0.25) is 4.79 Å². The number of carbonyl (C=O) groups is 1. The molecule has 0 radical (unpaired) electrons. The van der Waals surface area contributed by atoms with Crippen molar-refractivity contribution in [3.05, 3.63) is 0 Å². The van der Waals surface area contributed by atoms with Crippen molar-refractivity contribution in [1.29, 1.82) is 0 Å². The van der Waals surface area contributed by atoms with E-state index in [0.29, 0.717) is 0 Å². The molecule has 1 atom stereocenters. The van der Waals surface area contributed by atoms with Gasteiger partial charge in [0.15, 0.2) is 0 Å². The van der Waals surface area contributed by atoms with Crippen molar-refractivity contribution in [3.63, 3.8) is 0 Å². The predicted octanol–water partition coefficient (Wildman–Crippen LogP) is 2.27. The number of primary amides is 1. The van der Waals surface area contributed by atoms with E-state index in [1.807, 2.05) is 6.92 Å². The fourth-order valence-corrected chi connectivity index (χ4v) is 3.20. The molecule has 0 heterocycles. The minimum Gasteiger partial charge on any atom is -0.368 e. The Morgan fingerprint density at radius 2 is 2.00 bits per heavy atom. The van der Waals surface area contributed by atoms with Crippen LogP contribution < -0.4 is 11.1 Å². The van der Waals surface area contributed by atoms with Crippen molar-refractivity contribution in [3.8, 4) is 0 Å². The lowest BCUT2D eigenvalue weighted by Gasteiger charge is -2.31. The molecular weight excluding hydrogens is 250 g/mol. The molecule has 1 fully saturated rings. The van der Waals surface area contributed by atoms with Gasteiger partial charge in [-0.2, -0.15) is 0 Å². The first-order valence-electron chi connectivity index (χ1n) is 8.32. The third-order valence-corrected chi connectivity index (χ3v) is 4.68. The number of amides is 1. The van der Waals surface area contributed by atoms with Gasteiger partial charge in [0, 0.05) is 6.04 Å². The zero-order valence-electron chi connectivity index (χ0n) is 13.6. The van der Waals surface area contributed by atoms with Gasteiger partial charge in [-0.25, -0.2) is 0 Å². The largest absolute Gasteiger partial charge is 0.368 e. The van der Waals surface area contributed by atoms with Gasteiger partial charge in [0.2, 0.25) is 5.91 Å². The van der Waals surface area contributed by atoms with E-state index in [1.54, 1.807) is 0 Å². The van der Waals surface area contributed by atoms with Crippen LogP contribution in [-0.2, 0) is 4.79 Å². The summed E-state index contributed by atoms with van der Waals surface area (Å²) in [6.07, 6.45) is 8.30. The van der Waals surface area contributed by atoms with E-state index in [2.05, 4.69) is 24.1 Å². The van der Waals surface area contributed by atoms with Crippen LogP contribution in [0, 0.1) is 0 Å². The van der Waals surface area contributed by atoms with Crippen LogP contribution in [-0.4, -0.2) is 42.0 Å². The number of hydrogen-bond donors (Lipinski definition) is 2. The van der Waals surface area contributed by atoms with Crippen LogP contribution >= 0.6 is 0 Å².